The van der Waals surface area contributed by atoms with E-state index in [1.165, 1.54) is 11.8 Å². The second-order valence-corrected chi connectivity index (χ2v) is 6.88. The van der Waals surface area contributed by atoms with Crippen molar-refractivity contribution >= 4 is 17.4 Å². The number of hydrogen-bond donors (Lipinski definition) is 1. The average molecular weight is 353 g/mol. The van der Waals surface area contributed by atoms with Gasteiger partial charge in [-0.2, -0.15) is 0 Å². The Bertz CT molecular complexity index is 861. The molecule has 136 valence electrons. The third kappa shape index (κ3) is 3.35. The number of anilines is 1. The summed E-state index contributed by atoms with van der Waals surface area (Å²) in [5, 5.41) is 11.0. The molecular formula is C21H23NO4. The van der Waals surface area contributed by atoms with Crippen LogP contribution in [0.15, 0.2) is 42.5 Å². The Labute approximate surface area is 153 Å². The van der Waals surface area contributed by atoms with Crippen LogP contribution in [0.4, 0.5) is 5.69 Å². The topological polar surface area (TPSA) is 66.8 Å². The molecule has 0 radical (unpaired) electrons. The standard InChI is InChI=1S/C21H23NO4/c1-14-5-4-6-17(11-14)26-10-9-22-19-8-7-15(2)12-18(19)21(25,20(22)24)13-16(3)23/h4-8,11-12,25H,9-10,13H2,1-3H3/t21-/m1/s1. The summed E-state index contributed by atoms with van der Waals surface area (Å²) in [6.45, 7) is 5.84. The number of ether oxygens (including phenoxy) is 1. The van der Waals surface area contributed by atoms with E-state index in [2.05, 4.69) is 0 Å². The van der Waals surface area contributed by atoms with E-state index < -0.39 is 11.5 Å². The molecule has 0 saturated heterocycles. The minimum Gasteiger partial charge on any atom is -0.492 e. The normalized spacial score (nSPS) is 18.8. The fraction of sp³-hybridized carbons (Fsp3) is 0.333. The van der Waals surface area contributed by atoms with Gasteiger partial charge >= 0.3 is 0 Å². The van der Waals surface area contributed by atoms with E-state index in [4.69, 9.17) is 4.74 Å². The highest BCUT2D eigenvalue weighted by atomic mass is 16.5. The molecule has 0 saturated carbocycles. The Morgan fingerprint density at radius 1 is 1.15 bits per heavy atom. The first-order valence-corrected chi connectivity index (χ1v) is 8.65. The van der Waals surface area contributed by atoms with E-state index in [-0.39, 0.29) is 12.2 Å². The highest BCUT2D eigenvalue weighted by Gasteiger charge is 2.50. The zero-order valence-corrected chi connectivity index (χ0v) is 15.3. The van der Waals surface area contributed by atoms with Crippen molar-refractivity contribution in [1.82, 2.24) is 0 Å². The van der Waals surface area contributed by atoms with Crippen molar-refractivity contribution in [2.75, 3.05) is 18.1 Å². The summed E-state index contributed by atoms with van der Waals surface area (Å²) in [5.74, 6) is 0.0343. The molecule has 1 aliphatic rings. The van der Waals surface area contributed by atoms with Crippen molar-refractivity contribution < 1.29 is 19.4 Å². The lowest BCUT2D eigenvalue weighted by Crippen LogP contribution is -2.43. The molecule has 1 amide bonds. The predicted octanol–water partition coefficient (Wildman–Crippen LogP) is 2.90. The molecule has 1 atom stereocenters. The fourth-order valence-corrected chi connectivity index (χ4v) is 3.38. The van der Waals surface area contributed by atoms with Crippen molar-refractivity contribution in [2.24, 2.45) is 0 Å². The molecule has 1 N–H and O–H groups in total. The van der Waals surface area contributed by atoms with Crippen LogP contribution < -0.4 is 9.64 Å². The van der Waals surface area contributed by atoms with Gasteiger partial charge in [-0.25, -0.2) is 0 Å². The molecule has 0 unspecified atom stereocenters. The number of aryl methyl sites for hydroxylation is 2. The molecule has 2 aromatic carbocycles. The summed E-state index contributed by atoms with van der Waals surface area (Å²) in [6.07, 6.45) is -0.225. The minimum atomic E-state index is -1.80. The van der Waals surface area contributed by atoms with Gasteiger partial charge in [0.05, 0.1) is 12.2 Å². The van der Waals surface area contributed by atoms with Crippen molar-refractivity contribution in [3.63, 3.8) is 0 Å². The van der Waals surface area contributed by atoms with Crippen LogP contribution in [-0.4, -0.2) is 29.9 Å². The number of rotatable bonds is 6. The van der Waals surface area contributed by atoms with E-state index in [1.54, 1.807) is 6.07 Å². The van der Waals surface area contributed by atoms with Gasteiger partial charge in [0.25, 0.3) is 5.91 Å². The van der Waals surface area contributed by atoms with E-state index in [0.717, 1.165) is 16.9 Å². The maximum absolute atomic E-state index is 12.9. The highest BCUT2D eigenvalue weighted by molar-refractivity contribution is 6.08. The van der Waals surface area contributed by atoms with Crippen LogP contribution in [0.5, 0.6) is 5.75 Å². The molecule has 1 heterocycles. The zero-order chi connectivity index (χ0) is 18.9. The molecule has 0 bridgehead atoms. The second-order valence-electron chi connectivity index (χ2n) is 6.88. The molecule has 3 rings (SSSR count). The number of benzene rings is 2. The first-order chi connectivity index (χ1) is 12.3. The lowest BCUT2D eigenvalue weighted by molar-refractivity contribution is -0.141. The Kier molecular flexibility index (Phi) is 4.83. The number of aliphatic hydroxyl groups is 1. The van der Waals surface area contributed by atoms with Gasteiger partial charge in [-0.15, -0.1) is 0 Å². The average Bonchev–Trinajstić information content (AvgIpc) is 2.76. The summed E-state index contributed by atoms with van der Waals surface area (Å²) in [5.41, 5.74) is 1.36. The third-order valence-electron chi connectivity index (χ3n) is 4.57. The minimum absolute atomic E-state index is 0.225. The van der Waals surface area contributed by atoms with Gasteiger partial charge in [0.1, 0.15) is 18.1 Å². The van der Waals surface area contributed by atoms with Crippen molar-refractivity contribution in [3.8, 4) is 5.75 Å². The monoisotopic (exact) mass is 353 g/mol. The Hall–Kier alpha value is -2.66. The lowest BCUT2D eigenvalue weighted by Gasteiger charge is -2.22. The molecule has 1 aliphatic heterocycles. The number of carbonyl (C=O) groups is 2. The first kappa shape index (κ1) is 18.1. The van der Waals surface area contributed by atoms with Gasteiger partial charge in [0.15, 0.2) is 5.60 Å². The molecular weight excluding hydrogens is 330 g/mol. The number of hydrogen-bond acceptors (Lipinski definition) is 4. The van der Waals surface area contributed by atoms with E-state index in [0.29, 0.717) is 24.4 Å². The molecule has 0 fully saturated rings. The van der Waals surface area contributed by atoms with Crippen molar-refractivity contribution in [3.05, 3.63) is 59.2 Å². The number of Topliss-reactive ketones (excluding diaryl/α,β-unsaturated/α-hetero) is 1. The fourth-order valence-electron chi connectivity index (χ4n) is 3.38. The van der Waals surface area contributed by atoms with Crippen LogP contribution in [0.2, 0.25) is 0 Å². The number of nitrogens with zero attached hydrogens (tertiary/aromatic N) is 1. The van der Waals surface area contributed by atoms with Crippen LogP contribution in [-0.2, 0) is 15.2 Å². The summed E-state index contributed by atoms with van der Waals surface area (Å²) >= 11 is 0. The van der Waals surface area contributed by atoms with Crippen molar-refractivity contribution in [1.29, 1.82) is 0 Å². The molecule has 26 heavy (non-hydrogen) atoms. The zero-order valence-electron chi connectivity index (χ0n) is 15.3. The van der Waals surface area contributed by atoms with E-state index >= 15 is 0 Å². The van der Waals surface area contributed by atoms with Gasteiger partial charge in [0, 0.05) is 12.0 Å². The maximum Gasteiger partial charge on any atom is 0.264 e. The van der Waals surface area contributed by atoms with Gasteiger partial charge in [0.2, 0.25) is 0 Å². The van der Waals surface area contributed by atoms with Crippen LogP contribution in [0.3, 0.4) is 0 Å². The molecule has 5 heteroatoms. The van der Waals surface area contributed by atoms with Gasteiger partial charge < -0.3 is 14.7 Å². The number of carbonyl (C=O) groups excluding carboxylic acids is 2. The van der Waals surface area contributed by atoms with E-state index in [1.807, 2.05) is 50.2 Å². The number of amides is 1. The summed E-state index contributed by atoms with van der Waals surface area (Å²) in [6, 6.07) is 13.2. The summed E-state index contributed by atoms with van der Waals surface area (Å²) in [4.78, 5) is 26.0. The number of fused-ring (bicyclic) bond motifs is 1. The van der Waals surface area contributed by atoms with Gasteiger partial charge in [-0.1, -0.05) is 29.8 Å². The Balaban J connectivity index is 1.82. The second kappa shape index (κ2) is 6.92. The summed E-state index contributed by atoms with van der Waals surface area (Å²) in [7, 11) is 0. The predicted molar refractivity (Wildman–Crippen MR) is 99.4 cm³/mol. The SMILES string of the molecule is CC(=O)C[C@]1(O)C(=O)N(CCOc2cccc(C)c2)c2ccc(C)cc21. The van der Waals surface area contributed by atoms with Crippen LogP contribution in [0, 0.1) is 13.8 Å². The molecule has 0 aromatic heterocycles. The quantitative estimate of drug-likeness (QED) is 0.867. The van der Waals surface area contributed by atoms with E-state index in [9.17, 15) is 14.7 Å². The molecule has 0 aliphatic carbocycles. The maximum atomic E-state index is 12.9. The smallest absolute Gasteiger partial charge is 0.264 e. The number of ketones is 1. The Morgan fingerprint density at radius 3 is 2.58 bits per heavy atom. The van der Waals surface area contributed by atoms with Crippen LogP contribution >= 0.6 is 0 Å². The molecule has 5 nitrogen and oxygen atoms in total. The summed E-state index contributed by atoms with van der Waals surface area (Å²) < 4.78 is 5.74. The molecule has 0 spiro atoms. The van der Waals surface area contributed by atoms with Crippen LogP contribution in [0.25, 0.3) is 0 Å². The van der Waals surface area contributed by atoms with Gasteiger partial charge in [-0.3, -0.25) is 9.59 Å². The Morgan fingerprint density at radius 2 is 1.88 bits per heavy atom. The molecule has 2 aromatic rings. The van der Waals surface area contributed by atoms with Gasteiger partial charge in [-0.05, 0) is 44.5 Å². The van der Waals surface area contributed by atoms with Crippen LogP contribution in [0.1, 0.15) is 30.0 Å². The first-order valence-electron chi connectivity index (χ1n) is 8.65. The lowest BCUT2D eigenvalue weighted by atomic mass is 9.89. The largest absolute Gasteiger partial charge is 0.492 e. The van der Waals surface area contributed by atoms with Crippen molar-refractivity contribution in [2.45, 2.75) is 32.8 Å². The third-order valence-corrected chi connectivity index (χ3v) is 4.57. The highest BCUT2D eigenvalue weighted by Crippen LogP contribution is 2.42.